The van der Waals surface area contributed by atoms with Crippen molar-refractivity contribution in [1.82, 2.24) is 15.3 Å². The van der Waals surface area contributed by atoms with Gasteiger partial charge in [0.1, 0.15) is 11.5 Å². The van der Waals surface area contributed by atoms with Crippen LogP contribution in [-0.4, -0.2) is 29.1 Å². The van der Waals surface area contributed by atoms with Crippen molar-refractivity contribution < 1.29 is 18.0 Å². The third-order valence-corrected chi connectivity index (χ3v) is 5.78. The van der Waals surface area contributed by atoms with Crippen LogP contribution in [0.3, 0.4) is 0 Å². The summed E-state index contributed by atoms with van der Waals surface area (Å²) in [7, 11) is 0. The molecule has 0 saturated carbocycles. The first-order valence-electron chi connectivity index (χ1n) is 10.7. The molecular weight excluding hydrogens is 419 g/mol. The highest BCUT2D eigenvalue weighted by molar-refractivity contribution is 5.93. The SMILES string of the molecule is Cc1cc2cc(NC(=O)NCc3ccc(C(F)(F)F)nc3N3CCC(C)CC3)ccc2[nH]1. The molecule has 0 aliphatic carbocycles. The second-order valence-corrected chi connectivity index (χ2v) is 8.41. The lowest BCUT2D eigenvalue weighted by Crippen LogP contribution is -2.35. The minimum atomic E-state index is -4.52. The van der Waals surface area contributed by atoms with Crippen molar-refractivity contribution in [3.05, 3.63) is 53.3 Å². The fraction of sp³-hybridized carbons (Fsp3) is 0.391. The van der Waals surface area contributed by atoms with Gasteiger partial charge in [0.25, 0.3) is 0 Å². The highest BCUT2D eigenvalue weighted by atomic mass is 19.4. The average molecular weight is 445 g/mol. The lowest BCUT2D eigenvalue weighted by molar-refractivity contribution is -0.141. The zero-order valence-corrected chi connectivity index (χ0v) is 18.0. The van der Waals surface area contributed by atoms with Crippen molar-refractivity contribution >= 4 is 28.4 Å². The quantitative estimate of drug-likeness (QED) is 0.500. The van der Waals surface area contributed by atoms with E-state index in [2.05, 4.69) is 27.5 Å². The molecule has 3 aromatic rings. The first-order chi connectivity index (χ1) is 15.2. The number of nitrogens with zero attached hydrogens (tertiary/aromatic N) is 2. The van der Waals surface area contributed by atoms with E-state index in [4.69, 9.17) is 0 Å². The molecule has 1 aliphatic rings. The number of pyridine rings is 1. The summed E-state index contributed by atoms with van der Waals surface area (Å²) in [5, 5.41) is 6.50. The zero-order valence-electron chi connectivity index (χ0n) is 18.0. The number of anilines is 2. The molecule has 2 aromatic heterocycles. The van der Waals surface area contributed by atoms with Gasteiger partial charge in [-0.25, -0.2) is 9.78 Å². The Morgan fingerprint density at radius 2 is 1.94 bits per heavy atom. The second-order valence-electron chi connectivity index (χ2n) is 8.41. The van der Waals surface area contributed by atoms with Crippen LogP contribution in [0.25, 0.3) is 10.9 Å². The minimum Gasteiger partial charge on any atom is -0.359 e. The smallest absolute Gasteiger partial charge is 0.359 e. The number of aryl methyl sites for hydroxylation is 1. The van der Waals surface area contributed by atoms with Crippen LogP contribution in [0.5, 0.6) is 0 Å². The molecule has 1 fully saturated rings. The summed E-state index contributed by atoms with van der Waals surface area (Å²) >= 11 is 0. The lowest BCUT2D eigenvalue weighted by Gasteiger charge is -2.33. The van der Waals surface area contributed by atoms with Gasteiger partial charge in [0.15, 0.2) is 0 Å². The highest BCUT2D eigenvalue weighted by Gasteiger charge is 2.34. The Hall–Kier alpha value is -3.23. The van der Waals surface area contributed by atoms with Crippen LogP contribution >= 0.6 is 0 Å². The van der Waals surface area contributed by atoms with Gasteiger partial charge in [-0.15, -0.1) is 0 Å². The Morgan fingerprint density at radius 1 is 1.19 bits per heavy atom. The molecule has 1 saturated heterocycles. The van der Waals surface area contributed by atoms with E-state index in [-0.39, 0.29) is 12.4 Å². The van der Waals surface area contributed by atoms with Crippen molar-refractivity contribution in [1.29, 1.82) is 0 Å². The largest absolute Gasteiger partial charge is 0.433 e. The Morgan fingerprint density at radius 3 is 2.66 bits per heavy atom. The number of aromatic nitrogens is 2. The fourth-order valence-electron chi connectivity index (χ4n) is 3.97. The summed E-state index contributed by atoms with van der Waals surface area (Å²) in [5.74, 6) is 0.821. The van der Waals surface area contributed by atoms with E-state index in [1.807, 2.05) is 30.0 Å². The predicted molar refractivity (Wildman–Crippen MR) is 119 cm³/mol. The maximum Gasteiger partial charge on any atom is 0.433 e. The highest BCUT2D eigenvalue weighted by Crippen LogP contribution is 2.32. The van der Waals surface area contributed by atoms with Crippen LogP contribution < -0.4 is 15.5 Å². The minimum absolute atomic E-state index is 0.0733. The van der Waals surface area contributed by atoms with Gasteiger partial charge in [-0.2, -0.15) is 13.2 Å². The van der Waals surface area contributed by atoms with E-state index in [9.17, 15) is 18.0 Å². The summed E-state index contributed by atoms with van der Waals surface area (Å²) in [4.78, 5) is 21.5. The van der Waals surface area contributed by atoms with E-state index < -0.39 is 17.9 Å². The number of fused-ring (bicyclic) bond motifs is 1. The molecular formula is C23H26F3N5O. The molecule has 0 atom stereocenters. The molecule has 0 spiro atoms. The number of benzene rings is 1. The van der Waals surface area contributed by atoms with Crippen LogP contribution in [-0.2, 0) is 12.7 Å². The summed E-state index contributed by atoms with van der Waals surface area (Å²) in [5.41, 5.74) is 2.26. The van der Waals surface area contributed by atoms with Crippen LogP contribution in [0.15, 0.2) is 36.4 Å². The molecule has 0 radical (unpaired) electrons. The van der Waals surface area contributed by atoms with Gasteiger partial charge in [0.2, 0.25) is 0 Å². The molecule has 1 aliphatic heterocycles. The molecule has 170 valence electrons. The number of H-pyrrole nitrogens is 1. The molecule has 0 bridgehead atoms. The van der Waals surface area contributed by atoms with Gasteiger partial charge < -0.3 is 20.5 Å². The summed E-state index contributed by atoms with van der Waals surface area (Å²) in [6, 6.07) is 9.45. The van der Waals surface area contributed by atoms with Gasteiger partial charge >= 0.3 is 12.2 Å². The van der Waals surface area contributed by atoms with E-state index >= 15 is 0 Å². The van der Waals surface area contributed by atoms with E-state index in [0.717, 1.165) is 35.5 Å². The Balaban J connectivity index is 1.47. The van der Waals surface area contributed by atoms with Crippen molar-refractivity contribution in [2.75, 3.05) is 23.3 Å². The number of urea groups is 1. The Kier molecular flexibility index (Phi) is 5.99. The number of amides is 2. The molecule has 0 unspecified atom stereocenters. The number of carbonyl (C=O) groups excluding carboxylic acids is 1. The lowest BCUT2D eigenvalue weighted by atomic mass is 9.99. The number of rotatable bonds is 4. The normalized spacial score (nSPS) is 15.2. The van der Waals surface area contributed by atoms with Crippen molar-refractivity contribution in [2.45, 2.75) is 39.4 Å². The number of aromatic amines is 1. The van der Waals surface area contributed by atoms with Gasteiger partial charge in [-0.05, 0) is 56.0 Å². The average Bonchev–Trinajstić information content (AvgIpc) is 3.11. The molecule has 4 rings (SSSR count). The number of carbonyl (C=O) groups is 1. The van der Waals surface area contributed by atoms with Gasteiger partial charge in [0, 0.05) is 47.5 Å². The van der Waals surface area contributed by atoms with E-state index in [1.165, 1.54) is 6.07 Å². The molecule has 6 nitrogen and oxygen atoms in total. The summed E-state index contributed by atoms with van der Waals surface area (Å²) in [6.45, 7) is 5.45. The summed E-state index contributed by atoms with van der Waals surface area (Å²) in [6.07, 6.45) is -2.73. The first kappa shape index (κ1) is 22.0. The number of alkyl halides is 3. The van der Waals surface area contributed by atoms with E-state index in [1.54, 1.807) is 6.07 Å². The number of piperidine rings is 1. The third kappa shape index (κ3) is 4.98. The molecule has 2 amide bonds. The molecule has 3 N–H and O–H groups in total. The Bertz CT molecular complexity index is 1120. The zero-order chi connectivity index (χ0) is 22.9. The standard InChI is InChI=1S/C23H26F3N5O/c1-14-7-9-31(10-8-14)21-16(3-6-20(30-21)23(24,25)26)13-27-22(32)29-18-4-5-19-17(12-18)11-15(2)28-19/h3-6,11-12,14,28H,7-10,13H2,1-2H3,(H2,27,29,32). The van der Waals surface area contributed by atoms with Crippen molar-refractivity contribution in [3.8, 4) is 0 Å². The topological polar surface area (TPSA) is 73.1 Å². The van der Waals surface area contributed by atoms with Crippen molar-refractivity contribution in [3.63, 3.8) is 0 Å². The maximum atomic E-state index is 13.2. The Labute approximate surface area is 184 Å². The number of hydrogen-bond acceptors (Lipinski definition) is 3. The van der Waals surface area contributed by atoms with Crippen LogP contribution in [0.2, 0.25) is 0 Å². The molecule has 9 heteroatoms. The van der Waals surface area contributed by atoms with E-state index in [0.29, 0.717) is 30.3 Å². The molecule has 1 aromatic carbocycles. The molecule has 32 heavy (non-hydrogen) atoms. The second kappa shape index (κ2) is 8.72. The monoisotopic (exact) mass is 445 g/mol. The third-order valence-electron chi connectivity index (χ3n) is 5.78. The first-order valence-corrected chi connectivity index (χ1v) is 10.7. The van der Waals surface area contributed by atoms with Crippen LogP contribution in [0, 0.1) is 12.8 Å². The molecule has 3 heterocycles. The van der Waals surface area contributed by atoms with Crippen LogP contribution in [0.1, 0.15) is 36.7 Å². The number of nitrogens with one attached hydrogen (secondary N) is 3. The van der Waals surface area contributed by atoms with Gasteiger partial charge in [-0.3, -0.25) is 0 Å². The fourth-order valence-corrected chi connectivity index (χ4v) is 3.97. The predicted octanol–water partition coefficient (Wildman–Crippen LogP) is 5.45. The van der Waals surface area contributed by atoms with Gasteiger partial charge in [-0.1, -0.05) is 13.0 Å². The maximum absolute atomic E-state index is 13.2. The van der Waals surface area contributed by atoms with Crippen LogP contribution in [0.4, 0.5) is 29.5 Å². The summed E-state index contributed by atoms with van der Waals surface area (Å²) < 4.78 is 39.7. The number of hydrogen-bond donors (Lipinski definition) is 3. The number of halogens is 3. The van der Waals surface area contributed by atoms with Gasteiger partial charge in [0.05, 0.1) is 0 Å². The van der Waals surface area contributed by atoms with Crippen molar-refractivity contribution in [2.24, 2.45) is 5.92 Å².